The van der Waals surface area contributed by atoms with Crippen LogP contribution in [0.25, 0.3) is 0 Å². The van der Waals surface area contributed by atoms with Gasteiger partial charge in [-0.3, -0.25) is 14.6 Å². The van der Waals surface area contributed by atoms with Crippen molar-refractivity contribution in [2.75, 3.05) is 25.0 Å². The molecule has 1 aromatic carbocycles. The zero-order chi connectivity index (χ0) is 23.2. The number of nitrogens with zero attached hydrogens (tertiary/aromatic N) is 3. The smallest absolute Gasteiger partial charge is 0.271 e. The van der Waals surface area contributed by atoms with E-state index in [1.807, 2.05) is 30.3 Å². The molecule has 0 aliphatic heterocycles. The number of anilines is 1. The Balaban J connectivity index is 2.18. The van der Waals surface area contributed by atoms with Crippen molar-refractivity contribution in [3.63, 3.8) is 0 Å². The predicted octanol–water partition coefficient (Wildman–Crippen LogP) is 4.34. The number of pyridine rings is 1. The van der Waals surface area contributed by atoms with Crippen LogP contribution in [0.15, 0.2) is 60.0 Å². The molecule has 0 fully saturated rings. The first-order chi connectivity index (χ1) is 15.5. The second-order valence-corrected chi connectivity index (χ2v) is 7.85. The van der Waals surface area contributed by atoms with Gasteiger partial charge in [-0.05, 0) is 57.1 Å². The van der Waals surface area contributed by atoms with Crippen LogP contribution in [0.3, 0.4) is 0 Å². The third-order valence-electron chi connectivity index (χ3n) is 5.23. The quantitative estimate of drug-likeness (QED) is 0.360. The summed E-state index contributed by atoms with van der Waals surface area (Å²) < 4.78 is 0. The summed E-state index contributed by atoms with van der Waals surface area (Å²) >= 11 is 0. The van der Waals surface area contributed by atoms with Crippen LogP contribution >= 0.6 is 0 Å². The number of nitrogens with one attached hydrogen (secondary N) is 2. The number of amides is 2. The molecule has 0 spiro atoms. The van der Waals surface area contributed by atoms with E-state index < -0.39 is 5.92 Å². The number of hydrazone groups is 1. The Bertz CT molecular complexity index is 847. The number of aromatic nitrogens is 1. The molecule has 1 atom stereocenters. The fourth-order valence-corrected chi connectivity index (χ4v) is 3.26. The summed E-state index contributed by atoms with van der Waals surface area (Å²) in [7, 11) is 0. The molecule has 172 valence electrons. The van der Waals surface area contributed by atoms with E-state index in [4.69, 9.17) is 0 Å². The van der Waals surface area contributed by atoms with E-state index in [9.17, 15) is 9.59 Å². The van der Waals surface area contributed by atoms with Crippen molar-refractivity contribution in [1.82, 2.24) is 15.3 Å². The number of para-hydroxylation sites is 1. The molecule has 2 rings (SSSR count). The molecule has 0 aliphatic rings. The van der Waals surface area contributed by atoms with Crippen molar-refractivity contribution in [3.8, 4) is 0 Å². The van der Waals surface area contributed by atoms with E-state index in [1.54, 1.807) is 31.5 Å². The Kier molecular flexibility index (Phi) is 11.1. The Morgan fingerprint density at radius 3 is 2.22 bits per heavy atom. The summed E-state index contributed by atoms with van der Waals surface area (Å²) in [5, 5.41) is 7.28. The van der Waals surface area contributed by atoms with E-state index in [0.29, 0.717) is 17.8 Å². The Hall–Kier alpha value is -3.06. The van der Waals surface area contributed by atoms with Gasteiger partial charge < -0.3 is 10.2 Å². The van der Waals surface area contributed by atoms with E-state index in [-0.39, 0.29) is 11.8 Å². The zero-order valence-corrected chi connectivity index (χ0v) is 19.4. The van der Waals surface area contributed by atoms with Gasteiger partial charge >= 0.3 is 0 Å². The molecular formula is C25H35N5O2. The van der Waals surface area contributed by atoms with Crippen molar-refractivity contribution in [1.29, 1.82) is 0 Å². The summed E-state index contributed by atoms with van der Waals surface area (Å²) in [5.74, 6) is -0.946. The highest BCUT2D eigenvalue weighted by molar-refractivity contribution is 6.09. The third-order valence-corrected chi connectivity index (χ3v) is 5.23. The minimum absolute atomic E-state index is 0.131. The molecule has 7 heteroatoms. The van der Waals surface area contributed by atoms with Crippen LogP contribution in [0.5, 0.6) is 0 Å². The fraction of sp³-hybridized carbons (Fsp3) is 0.440. The highest BCUT2D eigenvalue weighted by Crippen LogP contribution is 2.13. The number of benzene rings is 1. The maximum Gasteiger partial charge on any atom is 0.271 e. The molecular weight excluding hydrogens is 402 g/mol. The molecule has 2 aromatic rings. The van der Waals surface area contributed by atoms with Gasteiger partial charge in [0, 0.05) is 35.9 Å². The number of unbranched alkanes of at least 4 members (excludes halogenated alkanes) is 2. The van der Waals surface area contributed by atoms with Gasteiger partial charge in [-0.1, -0.05) is 44.9 Å². The molecule has 7 nitrogen and oxygen atoms in total. The molecule has 2 amide bonds. The number of carbonyl (C=O) groups is 2. The lowest BCUT2D eigenvalue weighted by molar-refractivity contribution is -0.118. The topological polar surface area (TPSA) is 86.7 Å². The number of rotatable bonds is 13. The minimum atomic E-state index is -0.485. The number of carbonyl (C=O) groups excluding carboxylic acids is 2. The van der Waals surface area contributed by atoms with Gasteiger partial charge in [-0.15, -0.1) is 0 Å². The Labute approximate surface area is 191 Å². The normalized spacial score (nSPS) is 12.4. The molecule has 32 heavy (non-hydrogen) atoms. The van der Waals surface area contributed by atoms with Gasteiger partial charge in [0.25, 0.3) is 5.91 Å². The van der Waals surface area contributed by atoms with E-state index >= 15 is 0 Å². The van der Waals surface area contributed by atoms with Crippen LogP contribution in [0.2, 0.25) is 0 Å². The molecule has 0 saturated carbocycles. The van der Waals surface area contributed by atoms with Gasteiger partial charge in [-0.2, -0.15) is 5.10 Å². The van der Waals surface area contributed by atoms with E-state index in [1.165, 1.54) is 0 Å². The van der Waals surface area contributed by atoms with Crippen LogP contribution in [0.4, 0.5) is 5.69 Å². The van der Waals surface area contributed by atoms with Crippen molar-refractivity contribution in [2.45, 2.75) is 46.5 Å². The molecule has 2 N–H and O–H groups in total. The van der Waals surface area contributed by atoms with Gasteiger partial charge in [0.2, 0.25) is 5.91 Å². The molecule has 0 radical (unpaired) electrons. The lowest BCUT2D eigenvalue weighted by atomic mass is 10.0. The molecule has 1 heterocycles. The summed E-state index contributed by atoms with van der Waals surface area (Å²) in [4.78, 5) is 31.8. The standard InChI is InChI=1S/C25H35N5O2/c1-4-6-17-30(18-7-5-2)19-23(25(32)27-22-11-9-8-10-12-22)20(3)28-29-24(31)21-13-15-26-16-14-21/h8-16,23H,4-7,17-19H2,1-3H3,(H,27,32)(H,29,31)/b28-20-/t23-/m0/s1. The van der Waals surface area contributed by atoms with E-state index in [0.717, 1.165) is 44.5 Å². The van der Waals surface area contributed by atoms with Crippen LogP contribution in [0.1, 0.15) is 56.8 Å². The lowest BCUT2D eigenvalue weighted by Crippen LogP contribution is -2.41. The first-order valence-electron chi connectivity index (χ1n) is 11.4. The number of hydrogen-bond donors (Lipinski definition) is 2. The van der Waals surface area contributed by atoms with Crippen LogP contribution in [-0.4, -0.2) is 47.0 Å². The summed E-state index contributed by atoms with van der Waals surface area (Å²) in [6, 6.07) is 12.6. The summed E-state index contributed by atoms with van der Waals surface area (Å²) in [5.41, 5.74) is 4.36. The average molecular weight is 438 g/mol. The first-order valence-corrected chi connectivity index (χ1v) is 11.4. The van der Waals surface area contributed by atoms with Crippen molar-refractivity contribution >= 4 is 23.2 Å². The predicted molar refractivity (Wildman–Crippen MR) is 130 cm³/mol. The molecule has 0 unspecified atom stereocenters. The zero-order valence-electron chi connectivity index (χ0n) is 19.4. The second kappa shape index (κ2) is 14.1. The molecule has 1 aromatic heterocycles. The fourth-order valence-electron chi connectivity index (χ4n) is 3.26. The largest absolute Gasteiger partial charge is 0.325 e. The van der Waals surface area contributed by atoms with Crippen LogP contribution in [-0.2, 0) is 4.79 Å². The van der Waals surface area contributed by atoms with Gasteiger partial charge in [0.15, 0.2) is 0 Å². The van der Waals surface area contributed by atoms with Crippen molar-refractivity contribution < 1.29 is 9.59 Å². The molecule has 0 bridgehead atoms. The Morgan fingerprint density at radius 1 is 1.00 bits per heavy atom. The van der Waals surface area contributed by atoms with E-state index in [2.05, 4.69) is 39.6 Å². The van der Waals surface area contributed by atoms with Gasteiger partial charge in [0.1, 0.15) is 0 Å². The highest BCUT2D eigenvalue weighted by Gasteiger charge is 2.25. The maximum atomic E-state index is 13.2. The summed E-state index contributed by atoms with van der Waals surface area (Å²) in [6.07, 6.45) is 7.45. The second-order valence-electron chi connectivity index (χ2n) is 7.85. The van der Waals surface area contributed by atoms with Gasteiger partial charge in [0.05, 0.1) is 5.92 Å². The highest BCUT2D eigenvalue weighted by atomic mass is 16.2. The van der Waals surface area contributed by atoms with Crippen molar-refractivity contribution in [3.05, 3.63) is 60.4 Å². The maximum absolute atomic E-state index is 13.2. The molecule has 0 aliphatic carbocycles. The SMILES string of the molecule is CCCCN(CCCC)C[C@H](C(=O)Nc1ccccc1)/C(C)=N\NC(=O)c1ccncc1. The van der Waals surface area contributed by atoms with Crippen LogP contribution in [0, 0.1) is 5.92 Å². The monoisotopic (exact) mass is 437 g/mol. The minimum Gasteiger partial charge on any atom is -0.325 e. The third kappa shape index (κ3) is 8.59. The Morgan fingerprint density at radius 2 is 1.62 bits per heavy atom. The average Bonchev–Trinajstić information content (AvgIpc) is 2.83. The number of hydrogen-bond acceptors (Lipinski definition) is 5. The lowest BCUT2D eigenvalue weighted by Gasteiger charge is -2.27. The molecule has 0 saturated heterocycles. The first kappa shape index (κ1) is 25.2. The summed E-state index contributed by atoms with van der Waals surface area (Å²) in [6.45, 7) is 8.54. The van der Waals surface area contributed by atoms with Crippen LogP contribution < -0.4 is 10.7 Å². The van der Waals surface area contributed by atoms with Crippen molar-refractivity contribution in [2.24, 2.45) is 11.0 Å². The van der Waals surface area contributed by atoms with Gasteiger partial charge in [-0.25, -0.2) is 5.43 Å².